The summed E-state index contributed by atoms with van der Waals surface area (Å²) in [4.78, 5) is 8.60. The van der Waals surface area contributed by atoms with Gasteiger partial charge < -0.3 is 20.5 Å². The minimum atomic E-state index is -0.268. The molecule has 6 heteroatoms. The number of hydrogen-bond acceptors (Lipinski definition) is 4. The van der Waals surface area contributed by atoms with Gasteiger partial charge in [-0.1, -0.05) is 18.2 Å². The van der Waals surface area contributed by atoms with Crippen LogP contribution in [0.4, 0.5) is 5.69 Å². The van der Waals surface area contributed by atoms with Gasteiger partial charge in [0.05, 0.1) is 19.3 Å². The number of benzene rings is 1. The van der Waals surface area contributed by atoms with E-state index in [2.05, 4.69) is 15.3 Å². The topological polar surface area (TPSA) is 81.8 Å². The monoisotopic (exact) mass is 328 g/mol. The first-order valence-electron chi connectivity index (χ1n) is 7.71. The number of pyridine rings is 1. The molecule has 24 heavy (non-hydrogen) atoms. The lowest BCUT2D eigenvalue weighted by Gasteiger charge is -2.20. The molecule has 128 valence electrons. The Morgan fingerprint density at radius 2 is 1.96 bits per heavy atom. The Morgan fingerprint density at radius 3 is 2.58 bits per heavy atom. The van der Waals surface area contributed by atoms with Crippen LogP contribution in [0.3, 0.4) is 0 Å². The van der Waals surface area contributed by atoms with Crippen molar-refractivity contribution in [1.82, 2.24) is 4.98 Å². The normalized spacial score (nSPS) is 11.9. The van der Waals surface area contributed by atoms with E-state index in [0.717, 1.165) is 11.3 Å². The third-order valence-corrected chi connectivity index (χ3v) is 3.01. The molecule has 2 aromatic rings. The lowest BCUT2D eigenvalue weighted by Crippen LogP contribution is -2.23. The lowest BCUT2D eigenvalue weighted by atomic mass is 10.2. The zero-order valence-corrected chi connectivity index (χ0v) is 14.5. The molecule has 6 nitrogen and oxygen atoms in total. The van der Waals surface area contributed by atoms with Crippen LogP contribution in [-0.2, 0) is 6.54 Å². The number of nitrogens with one attached hydrogen (secondary N) is 1. The molecular formula is C18H24N4O2. The molecule has 0 saturated carbocycles. The van der Waals surface area contributed by atoms with E-state index in [0.29, 0.717) is 24.1 Å². The molecule has 0 aliphatic heterocycles. The molecule has 0 aliphatic carbocycles. The van der Waals surface area contributed by atoms with E-state index in [1.54, 1.807) is 13.3 Å². The van der Waals surface area contributed by atoms with Crippen molar-refractivity contribution < 1.29 is 9.47 Å². The lowest BCUT2D eigenvalue weighted by molar-refractivity contribution is 0.124. The van der Waals surface area contributed by atoms with Gasteiger partial charge in [0.15, 0.2) is 5.96 Å². The summed E-state index contributed by atoms with van der Waals surface area (Å²) in [6.07, 6.45) is 1.74. The quantitative estimate of drug-likeness (QED) is 0.650. The fraction of sp³-hybridized carbons (Fsp3) is 0.333. The Labute approximate surface area is 142 Å². The summed E-state index contributed by atoms with van der Waals surface area (Å²) in [6.45, 7) is 6.38. The fourth-order valence-electron chi connectivity index (χ4n) is 1.98. The third kappa shape index (κ3) is 5.46. The van der Waals surface area contributed by atoms with Crippen LogP contribution < -0.4 is 20.5 Å². The Morgan fingerprint density at radius 1 is 1.21 bits per heavy atom. The average Bonchev–Trinajstić information content (AvgIpc) is 2.53. The Bertz CT molecular complexity index is 691. The van der Waals surface area contributed by atoms with Gasteiger partial charge in [-0.3, -0.25) is 0 Å². The summed E-state index contributed by atoms with van der Waals surface area (Å²) < 4.78 is 11.0. The smallest absolute Gasteiger partial charge is 0.213 e. The first-order valence-corrected chi connectivity index (χ1v) is 7.71. The van der Waals surface area contributed by atoms with E-state index in [1.807, 2.05) is 57.2 Å². The molecule has 1 heterocycles. The van der Waals surface area contributed by atoms with Gasteiger partial charge in [0.1, 0.15) is 11.4 Å². The molecule has 0 saturated heterocycles. The van der Waals surface area contributed by atoms with E-state index in [-0.39, 0.29) is 5.60 Å². The number of aliphatic imine (C=N–C) groups is 1. The first-order chi connectivity index (χ1) is 11.4. The molecule has 0 atom stereocenters. The number of aromatic nitrogens is 1. The van der Waals surface area contributed by atoms with Crippen LogP contribution >= 0.6 is 0 Å². The van der Waals surface area contributed by atoms with Crippen LogP contribution in [0.5, 0.6) is 11.6 Å². The van der Waals surface area contributed by atoms with Crippen molar-refractivity contribution in [2.75, 3.05) is 12.4 Å². The molecule has 2 rings (SSSR count). The molecule has 0 aliphatic rings. The van der Waals surface area contributed by atoms with Gasteiger partial charge in [0.25, 0.3) is 0 Å². The molecule has 0 fully saturated rings. The van der Waals surface area contributed by atoms with Gasteiger partial charge in [-0.05, 0) is 38.5 Å². The van der Waals surface area contributed by atoms with Crippen molar-refractivity contribution >= 4 is 11.6 Å². The molecule has 3 N–H and O–H groups in total. The summed E-state index contributed by atoms with van der Waals surface area (Å²) in [5.41, 5.74) is 7.38. The van der Waals surface area contributed by atoms with Crippen LogP contribution in [0.2, 0.25) is 0 Å². The second-order valence-electron chi connectivity index (χ2n) is 6.25. The second-order valence-corrected chi connectivity index (χ2v) is 6.25. The number of nitrogens with zero attached hydrogens (tertiary/aromatic N) is 2. The van der Waals surface area contributed by atoms with Gasteiger partial charge in [0.2, 0.25) is 5.88 Å². The number of guanidine groups is 1. The Kier molecular flexibility index (Phi) is 5.63. The van der Waals surface area contributed by atoms with Gasteiger partial charge in [0, 0.05) is 12.3 Å². The van der Waals surface area contributed by atoms with E-state index < -0.39 is 0 Å². The van der Waals surface area contributed by atoms with E-state index in [4.69, 9.17) is 15.2 Å². The average molecular weight is 328 g/mol. The predicted molar refractivity (Wildman–Crippen MR) is 96.6 cm³/mol. The van der Waals surface area contributed by atoms with E-state index in [1.165, 1.54) is 0 Å². The highest BCUT2D eigenvalue weighted by Crippen LogP contribution is 2.22. The molecule has 1 aromatic heterocycles. The highest BCUT2D eigenvalue weighted by atomic mass is 16.5. The second kappa shape index (κ2) is 7.68. The van der Waals surface area contributed by atoms with Crippen LogP contribution in [0, 0.1) is 0 Å². The standard InChI is InChI=1S/C18H24N4O2/c1-18(2,3)24-16-10-9-13(11-20-16)12-21-17(19)22-14-7-5-6-8-15(14)23-4/h5-11H,12H2,1-4H3,(H3,19,21,22). The summed E-state index contributed by atoms with van der Waals surface area (Å²) in [5.74, 6) is 1.62. The number of nitrogens with two attached hydrogens (primary N) is 1. The van der Waals surface area contributed by atoms with Gasteiger partial charge in [-0.25, -0.2) is 9.98 Å². The SMILES string of the molecule is COc1ccccc1NC(N)=NCc1ccc(OC(C)(C)C)nc1. The van der Waals surface area contributed by atoms with Crippen LogP contribution in [0.15, 0.2) is 47.6 Å². The Hall–Kier alpha value is -2.76. The maximum atomic E-state index is 5.93. The van der Waals surface area contributed by atoms with Gasteiger partial charge >= 0.3 is 0 Å². The third-order valence-electron chi connectivity index (χ3n) is 3.01. The number of para-hydroxylation sites is 2. The predicted octanol–water partition coefficient (Wildman–Crippen LogP) is 3.19. The summed E-state index contributed by atoms with van der Waals surface area (Å²) in [6, 6.07) is 11.3. The maximum absolute atomic E-state index is 5.93. The zero-order valence-electron chi connectivity index (χ0n) is 14.5. The van der Waals surface area contributed by atoms with Crippen molar-refractivity contribution in [2.45, 2.75) is 32.9 Å². The van der Waals surface area contributed by atoms with Crippen molar-refractivity contribution in [2.24, 2.45) is 10.7 Å². The van der Waals surface area contributed by atoms with Crippen molar-refractivity contribution in [1.29, 1.82) is 0 Å². The van der Waals surface area contributed by atoms with Crippen molar-refractivity contribution in [3.05, 3.63) is 48.2 Å². The number of rotatable bonds is 5. The minimum absolute atomic E-state index is 0.268. The van der Waals surface area contributed by atoms with E-state index in [9.17, 15) is 0 Å². The maximum Gasteiger partial charge on any atom is 0.213 e. The molecule has 0 radical (unpaired) electrons. The van der Waals surface area contributed by atoms with Crippen LogP contribution in [0.25, 0.3) is 0 Å². The zero-order chi connectivity index (χ0) is 17.6. The van der Waals surface area contributed by atoms with E-state index >= 15 is 0 Å². The van der Waals surface area contributed by atoms with Gasteiger partial charge in [-0.15, -0.1) is 0 Å². The number of ether oxygens (including phenoxy) is 2. The van der Waals surface area contributed by atoms with Crippen molar-refractivity contribution in [3.63, 3.8) is 0 Å². The summed E-state index contributed by atoms with van der Waals surface area (Å²) in [5, 5.41) is 3.03. The molecular weight excluding hydrogens is 304 g/mol. The number of hydrogen-bond donors (Lipinski definition) is 2. The largest absolute Gasteiger partial charge is 0.495 e. The highest BCUT2D eigenvalue weighted by Gasteiger charge is 2.12. The minimum Gasteiger partial charge on any atom is -0.495 e. The molecule has 1 aromatic carbocycles. The Balaban J connectivity index is 1.97. The van der Waals surface area contributed by atoms with Crippen LogP contribution in [0.1, 0.15) is 26.3 Å². The molecule has 0 amide bonds. The summed E-state index contributed by atoms with van der Waals surface area (Å²) in [7, 11) is 1.61. The summed E-state index contributed by atoms with van der Waals surface area (Å²) >= 11 is 0. The highest BCUT2D eigenvalue weighted by molar-refractivity contribution is 5.93. The number of methoxy groups -OCH3 is 1. The fourth-order valence-corrected chi connectivity index (χ4v) is 1.98. The molecule has 0 bridgehead atoms. The first kappa shape index (κ1) is 17.6. The van der Waals surface area contributed by atoms with Crippen molar-refractivity contribution in [3.8, 4) is 11.6 Å². The molecule has 0 spiro atoms. The van der Waals surface area contributed by atoms with Crippen LogP contribution in [-0.4, -0.2) is 23.7 Å². The molecule has 0 unspecified atom stereocenters. The number of anilines is 1. The van der Waals surface area contributed by atoms with Gasteiger partial charge in [-0.2, -0.15) is 0 Å².